The minimum absolute atomic E-state index is 0.0568. The van der Waals surface area contributed by atoms with E-state index in [0.29, 0.717) is 0 Å². The number of rotatable bonds is 4. The standard InChI is InChI=1S/C15H17N3O3/c1-9-4-5-10(2)13(6-9)17-14(19)11(3)18-8-12(7-16-18)15(20)21/h4-8,11H,1-3H3,(H,17,19)(H,20,21). The normalized spacial score (nSPS) is 12.0. The number of carboxylic acids is 1. The van der Waals surface area contributed by atoms with Gasteiger partial charge in [0.15, 0.2) is 0 Å². The largest absolute Gasteiger partial charge is 0.478 e. The van der Waals surface area contributed by atoms with Gasteiger partial charge in [-0.2, -0.15) is 5.10 Å². The zero-order valence-corrected chi connectivity index (χ0v) is 12.1. The fourth-order valence-electron chi connectivity index (χ4n) is 1.89. The summed E-state index contributed by atoms with van der Waals surface area (Å²) in [5.41, 5.74) is 2.82. The third-order valence-corrected chi connectivity index (χ3v) is 3.28. The average molecular weight is 287 g/mol. The third kappa shape index (κ3) is 3.28. The molecule has 1 unspecified atom stereocenters. The van der Waals surface area contributed by atoms with E-state index < -0.39 is 12.0 Å². The summed E-state index contributed by atoms with van der Waals surface area (Å²) in [7, 11) is 0. The lowest BCUT2D eigenvalue weighted by Crippen LogP contribution is -2.24. The van der Waals surface area contributed by atoms with Crippen molar-refractivity contribution < 1.29 is 14.7 Å². The van der Waals surface area contributed by atoms with E-state index in [0.717, 1.165) is 16.8 Å². The molecule has 1 amide bonds. The molecule has 1 aromatic heterocycles. The van der Waals surface area contributed by atoms with Crippen LogP contribution in [0, 0.1) is 13.8 Å². The second-order valence-electron chi connectivity index (χ2n) is 5.00. The summed E-state index contributed by atoms with van der Waals surface area (Å²) >= 11 is 0. The highest BCUT2D eigenvalue weighted by Gasteiger charge is 2.18. The Morgan fingerprint density at radius 2 is 2.05 bits per heavy atom. The molecule has 1 aromatic carbocycles. The highest BCUT2D eigenvalue weighted by Crippen LogP contribution is 2.18. The molecular weight excluding hydrogens is 270 g/mol. The lowest BCUT2D eigenvalue weighted by atomic mass is 10.1. The van der Waals surface area contributed by atoms with E-state index in [1.54, 1.807) is 6.92 Å². The van der Waals surface area contributed by atoms with Gasteiger partial charge >= 0.3 is 5.97 Å². The minimum Gasteiger partial charge on any atom is -0.478 e. The predicted molar refractivity (Wildman–Crippen MR) is 78.4 cm³/mol. The summed E-state index contributed by atoms with van der Waals surface area (Å²) in [6, 6.07) is 5.21. The van der Waals surface area contributed by atoms with Gasteiger partial charge in [-0.25, -0.2) is 4.79 Å². The van der Waals surface area contributed by atoms with Gasteiger partial charge in [-0.05, 0) is 38.0 Å². The molecule has 0 saturated carbocycles. The maximum atomic E-state index is 12.2. The number of carbonyl (C=O) groups is 2. The van der Waals surface area contributed by atoms with Gasteiger partial charge in [0.1, 0.15) is 6.04 Å². The monoisotopic (exact) mass is 287 g/mol. The van der Waals surface area contributed by atoms with Gasteiger partial charge in [0, 0.05) is 11.9 Å². The molecule has 1 atom stereocenters. The first-order valence-corrected chi connectivity index (χ1v) is 6.54. The Morgan fingerprint density at radius 3 is 2.67 bits per heavy atom. The maximum Gasteiger partial charge on any atom is 0.338 e. The number of amides is 1. The van der Waals surface area contributed by atoms with Crippen molar-refractivity contribution in [2.24, 2.45) is 0 Å². The molecule has 0 radical (unpaired) electrons. The molecule has 0 spiro atoms. The van der Waals surface area contributed by atoms with E-state index in [4.69, 9.17) is 5.11 Å². The van der Waals surface area contributed by atoms with Crippen LogP contribution in [0.25, 0.3) is 0 Å². The smallest absolute Gasteiger partial charge is 0.338 e. The zero-order chi connectivity index (χ0) is 15.6. The Hall–Kier alpha value is -2.63. The molecule has 0 aliphatic heterocycles. The Labute approximate surface area is 122 Å². The van der Waals surface area contributed by atoms with E-state index in [-0.39, 0.29) is 11.5 Å². The number of hydrogen-bond acceptors (Lipinski definition) is 3. The van der Waals surface area contributed by atoms with Crippen molar-refractivity contribution in [3.05, 3.63) is 47.3 Å². The molecule has 0 fully saturated rings. The first-order chi connectivity index (χ1) is 9.88. The van der Waals surface area contributed by atoms with E-state index >= 15 is 0 Å². The summed E-state index contributed by atoms with van der Waals surface area (Å²) in [6.45, 7) is 5.53. The van der Waals surface area contributed by atoms with Crippen LogP contribution in [-0.4, -0.2) is 26.8 Å². The average Bonchev–Trinajstić information content (AvgIpc) is 2.91. The van der Waals surface area contributed by atoms with Crippen LogP contribution >= 0.6 is 0 Å². The second kappa shape index (κ2) is 5.78. The number of aryl methyl sites for hydroxylation is 2. The number of carbonyl (C=O) groups excluding carboxylic acids is 1. The van der Waals surface area contributed by atoms with Gasteiger partial charge in [-0.1, -0.05) is 12.1 Å². The van der Waals surface area contributed by atoms with E-state index in [9.17, 15) is 9.59 Å². The van der Waals surface area contributed by atoms with Gasteiger partial charge < -0.3 is 10.4 Å². The number of aromatic carboxylic acids is 1. The van der Waals surface area contributed by atoms with Crippen LogP contribution in [0.15, 0.2) is 30.6 Å². The lowest BCUT2D eigenvalue weighted by molar-refractivity contribution is -0.119. The van der Waals surface area contributed by atoms with Crippen LogP contribution in [-0.2, 0) is 4.79 Å². The Balaban J connectivity index is 2.15. The molecule has 2 aromatic rings. The molecule has 0 aliphatic carbocycles. The Bertz CT molecular complexity index is 691. The first-order valence-electron chi connectivity index (χ1n) is 6.54. The summed E-state index contributed by atoms with van der Waals surface area (Å²) in [6.07, 6.45) is 2.57. The Morgan fingerprint density at radius 1 is 1.33 bits per heavy atom. The highest BCUT2D eigenvalue weighted by molar-refractivity contribution is 5.94. The molecule has 21 heavy (non-hydrogen) atoms. The number of nitrogens with one attached hydrogen (secondary N) is 1. The number of carboxylic acid groups (broad SMARTS) is 1. The molecule has 110 valence electrons. The molecule has 0 aliphatic rings. The molecule has 2 N–H and O–H groups in total. The molecule has 1 heterocycles. The summed E-state index contributed by atoms with van der Waals surface area (Å²) in [5, 5.41) is 15.6. The van der Waals surface area contributed by atoms with Crippen LogP contribution in [0.2, 0.25) is 0 Å². The molecule has 0 saturated heterocycles. The summed E-state index contributed by atoms with van der Waals surface area (Å²) in [4.78, 5) is 23.1. The van der Waals surface area contributed by atoms with Crippen molar-refractivity contribution in [1.29, 1.82) is 0 Å². The van der Waals surface area contributed by atoms with Gasteiger partial charge in [-0.3, -0.25) is 9.48 Å². The van der Waals surface area contributed by atoms with Gasteiger partial charge in [0.05, 0.1) is 11.8 Å². The SMILES string of the molecule is Cc1ccc(C)c(NC(=O)C(C)n2cc(C(=O)O)cn2)c1. The van der Waals surface area contributed by atoms with Gasteiger partial charge in [0.2, 0.25) is 5.91 Å². The summed E-state index contributed by atoms with van der Waals surface area (Å²) in [5.74, 6) is -1.31. The fraction of sp³-hybridized carbons (Fsp3) is 0.267. The predicted octanol–water partition coefficient (Wildman–Crippen LogP) is 2.40. The van der Waals surface area contributed by atoms with Crippen molar-refractivity contribution in [1.82, 2.24) is 9.78 Å². The molecule has 6 heteroatoms. The number of aromatic nitrogens is 2. The van der Waals surface area contributed by atoms with E-state index in [2.05, 4.69) is 10.4 Å². The van der Waals surface area contributed by atoms with Crippen LogP contribution in [0.3, 0.4) is 0 Å². The van der Waals surface area contributed by atoms with Crippen molar-refractivity contribution >= 4 is 17.6 Å². The second-order valence-corrected chi connectivity index (χ2v) is 5.00. The Kier molecular flexibility index (Phi) is 4.07. The minimum atomic E-state index is -1.07. The van der Waals surface area contributed by atoms with Crippen molar-refractivity contribution in [3.63, 3.8) is 0 Å². The van der Waals surface area contributed by atoms with Crippen LogP contribution in [0.5, 0.6) is 0 Å². The maximum absolute atomic E-state index is 12.2. The summed E-state index contributed by atoms with van der Waals surface area (Å²) < 4.78 is 1.34. The molecular formula is C15H17N3O3. The molecule has 2 rings (SSSR count). The van der Waals surface area contributed by atoms with Crippen LogP contribution in [0.1, 0.15) is 34.5 Å². The number of benzene rings is 1. The zero-order valence-electron chi connectivity index (χ0n) is 12.1. The quantitative estimate of drug-likeness (QED) is 0.904. The van der Waals surface area contributed by atoms with Crippen molar-refractivity contribution in [3.8, 4) is 0 Å². The molecule has 6 nitrogen and oxygen atoms in total. The molecule has 0 bridgehead atoms. The van der Waals surface area contributed by atoms with Gasteiger partial charge in [0.25, 0.3) is 0 Å². The number of anilines is 1. The lowest BCUT2D eigenvalue weighted by Gasteiger charge is -2.14. The topological polar surface area (TPSA) is 84.2 Å². The van der Waals surface area contributed by atoms with Crippen LogP contribution in [0.4, 0.5) is 5.69 Å². The van der Waals surface area contributed by atoms with Crippen molar-refractivity contribution in [2.75, 3.05) is 5.32 Å². The van der Waals surface area contributed by atoms with Gasteiger partial charge in [-0.15, -0.1) is 0 Å². The van der Waals surface area contributed by atoms with Crippen molar-refractivity contribution in [2.45, 2.75) is 26.8 Å². The number of hydrogen-bond donors (Lipinski definition) is 2. The van der Waals surface area contributed by atoms with E-state index in [1.807, 2.05) is 32.0 Å². The van der Waals surface area contributed by atoms with Crippen LogP contribution < -0.4 is 5.32 Å². The van der Waals surface area contributed by atoms with E-state index in [1.165, 1.54) is 17.1 Å². The third-order valence-electron chi connectivity index (χ3n) is 3.28. The number of nitrogens with zero attached hydrogens (tertiary/aromatic N) is 2. The fourth-order valence-corrected chi connectivity index (χ4v) is 1.89. The highest BCUT2D eigenvalue weighted by atomic mass is 16.4. The first kappa shape index (κ1) is 14.8.